The molecule has 0 aromatic heterocycles. The average Bonchev–Trinajstić information content (AvgIpc) is 3.01. The average molecular weight is 225 g/mol. The van der Waals surface area contributed by atoms with E-state index in [4.69, 9.17) is 5.73 Å². The van der Waals surface area contributed by atoms with Crippen LogP contribution in [-0.2, 0) is 4.79 Å². The van der Waals surface area contributed by atoms with Gasteiger partial charge in [-0.15, -0.1) is 0 Å². The highest BCUT2D eigenvalue weighted by molar-refractivity contribution is 5.81. The van der Waals surface area contributed by atoms with Crippen LogP contribution in [0.25, 0.3) is 0 Å². The Morgan fingerprint density at radius 3 is 2.88 bits per heavy atom. The summed E-state index contributed by atoms with van der Waals surface area (Å²) in [4.78, 5) is 14.2. The molecule has 1 saturated heterocycles. The molecule has 1 saturated carbocycles. The van der Waals surface area contributed by atoms with Gasteiger partial charge in [-0.25, -0.2) is 0 Å². The molecule has 0 aromatic rings. The minimum atomic E-state index is -0.319. The minimum absolute atomic E-state index is 0.0319. The molecule has 2 fully saturated rings. The number of hydrogen-bond acceptors (Lipinski definition) is 3. The quantitative estimate of drug-likeness (QED) is 0.715. The van der Waals surface area contributed by atoms with Gasteiger partial charge in [0.2, 0.25) is 5.91 Å². The van der Waals surface area contributed by atoms with Gasteiger partial charge < -0.3 is 11.1 Å². The molecule has 0 radical (unpaired) electrons. The van der Waals surface area contributed by atoms with Crippen LogP contribution in [-0.4, -0.2) is 42.0 Å². The predicted octanol–water partition coefficient (Wildman–Crippen LogP) is 0.467. The molecule has 2 aliphatic rings. The maximum atomic E-state index is 11.7. The first kappa shape index (κ1) is 11.9. The molecule has 4 nitrogen and oxygen atoms in total. The SMILES string of the molecule is CCC[C@H](N)C(=O)NC1CCN(C2CC2)C1. The van der Waals surface area contributed by atoms with Gasteiger partial charge in [0.1, 0.15) is 0 Å². The molecule has 1 heterocycles. The van der Waals surface area contributed by atoms with Gasteiger partial charge in [0, 0.05) is 25.2 Å². The molecule has 1 unspecified atom stereocenters. The lowest BCUT2D eigenvalue weighted by molar-refractivity contribution is -0.123. The summed E-state index contributed by atoms with van der Waals surface area (Å²) in [5, 5.41) is 3.07. The lowest BCUT2D eigenvalue weighted by Gasteiger charge is -2.17. The van der Waals surface area contributed by atoms with E-state index in [0.29, 0.717) is 6.04 Å². The zero-order valence-corrected chi connectivity index (χ0v) is 10.1. The van der Waals surface area contributed by atoms with Crippen molar-refractivity contribution in [3.8, 4) is 0 Å². The fourth-order valence-corrected chi connectivity index (χ4v) is 2.43. The monoisotopic (exact) mass is 225 g/mol. The van der Waals surface area contributed by atoms with Crippen molar-refractivity contribution < 1.29 is 4.79 Å². The number of nitrogens with zero attached hydrogens (tertiary/aromatic N) is 1. The molecule has 0 aromatic carbocycles. The fraction of sp³-hybridized carbons (Fsp3) is 0.917. The second kappa shape index (κ2) is 5.15. The molecule has 0 spiro atoms. The Morgan fingerprint density at radius 1 is 1.50 bits per heavy atom. The van der Waals surface area contributed by atoms with Crippen molar-refractivity contribution in [2.24, 2.45) is 5.73 Å². The summed E-state index contributed by atoms with van der Waals surface area (Å²) >= 11 is 0. The molecule has 4 heteroatoms. The summed E-state index contributed by atoms with van der Waals surface area (Å²) < 4.78 is 0. The molecule has 3 N–H and O–H groups in total. The topological polar surface area (TPSA) is 58.4 Å². The first-order valence-electron chi connectivity index (χ1n) is 6.50. The Morgan fingerprint density at radius 2 is 2.25 bits per heavy atom. The highest BCUT2D eigenvalue weighted by Gasteiger charge is 2.35. The number of hydrogen-bond donors (Lipinski definition) is 2. The zero-order valence-electron chi connectivity index (χ0n) is 10.1. The van der Waals surface area contributed by atoms with Gasteiger partial charge >= 0.3 is 0 Å². The van der Waals surface area contributed by atoms with Crippen LogP contribution in [0.5, 0.6) is 0 Å². The van der Waals surface area contributed by atoms with Gasteiger partial charge in [-0.05, 0) is 25.7 Å². The van der Waals surface area contributed by atoms with Crippen molar-refractivity contribution in [3.05, 3.63) is 0 Å². The smallest absolute Gasteiger partial charge is 0.237 e. The third-order valence-corrected chi connectivity index (χ3v) is 3.57. The van der Waals surface area contributed by atoms with Crippen LogP contribution in [0, 0.1) is 0 Å². The number of carbonyl (C=O) groups is 1. The number of nitrogens with two attached hydrogens (primary N) is 1. The lowest BCUT2D eigenvalue weighted by Crippen LogP contribution is -2.46. The number of nitrogens with one attached hydrogen (secondary N) is 1. The molecular formula is C12H23N3O. The highest BCUT2D eigenvalue weighted by atomic mass is 16.2. The van der Waals surface area contributed by atoms with Crippen LogP contribution < -0.4 is 11.1 Å². The van der Waals surface area contributed by atoms with Crippen molar-refractivity contribution in [3.63, 3.8) is 0 Å². The number of likely N-dealkylation sites (tertiary alicyclic amines) is 1. The van der Waals surface area contributed by atoms with E-state index in [9.17, 15) is 4.79 Å². The Bertz CT molecular complexity index is 253. The van der Waals surface area contributed by atoms with Crippen LogP contribution in [0.3, 0.4) is 0 Å². The zero-order chi connectivity index (χ0) is 11.5. The van der Waals surface area contributed by atoms with Gasteiger partial charge in [0.15, 0.2) is 0 Å². The van der Waals surface area contributed by atoms with Crippen molar-refractivity contribution in [2.45, 2.75) is 57.2 Å². The number of rotatable bonds is 5. The molecule has 2 rings (SSSR count). The van der Waals surface area contributed by atoms with E-state index in [1.54, 1.807) is 0 Å². The van der Waals surface area contributed by atoms with Gasteiger partial charge in [0.05, 0.1) is 6.04 Å². The summed E-state index contributed by atoms with van der Waals surface area (Å²) in [6.07, 6.45) is 5.52. The molecule has 92 valence electrons. The number of amides is 1. The van der Waals surface area contributed by atoms with Gasteiger partial charge in [-0.1, -0.05) is 13.3 Å². The second-order valence-corrected chi connectivity index (χ2v) is 5.12. The van der Waals surface area contributed by atoms with Crippen LogP contribution in [0.15, 0.2) is 0 Å². The summed E-state index contributed by atoms with van der Waals surface area (Å²) in [5.74, 6) is 0.0319. The molecule has 1 aliphatic heterocycles. The standard InChI is InChI=1S/C12H23N3O/c1-2-3-11(13)12(16)14-9-6-7-15(8-9)10-4-5-10/h9-11H,2-8,13H2,1H3,(H,14,16)/t9?,11-/m0/s1. The molecule has 2 atom stereocenters. The molecule has 16 heavy (non-hydrogen) atoms. The largest absolute Gasteiger partial charge is 0.351 e. The Balaban J connectivity index is 1.71. The minimum Gasteiger partial charge on any atom is -0.351 e. The van der Waals surface area contributed by atoms with Gasteiger partial charge in [-0.3, -0.25) is 9.69 Å². The molecule has 0 bridgehead atoms. The lowest BCUT2D eigenvalue weighted by atomic mass is 10.1. The van der Waals surface area contributed by atoms with E-state index >= 15 is 0 Å². The fourth-order valence-electron chi connectivity index (χ4n) is 2.43. The molecular weight excluding hydrogens is 202 g/mol. The summed E-state index contributed by atoms with van der Waals surface area (Å²) in [6.45, 7) is 4.21. The third kappa shape index (κ3) is 2.95. The van der Waals surface area contributed by atoms with Crippen molar-refractivity contribution in [2.75, 3.05) is 13.1 Å². The Kier molecular flexibility index (Phi) is 3.82. The Labute approximate surface area is 97.6 Å². The van der Waals surface area contributed by atoms with Crippen molar-refractivity contribution in [1.29, 1.82) is 0 Å². The van der Waals surface area contributed by atoms with E-state index in [-0.39, 0.29) is 11.9 Å². The highest BCUT2D eigenvalue weighted by Crippen LogP contribution is 2.29. The van der Waals surface area contributed by atoms with Gasteiger partial charge in [-0.2, -0.15) is 0 Å². The van der Waals surface area contributed by atoms with E-state index in [2.05, 4.69) is 17.1 Å². The van der Waals surface area contributed by atoms with Crippen molar-refractivity contribution in [1.82, 2.24) is 10.2 Å². The maximum Gasteiger partial charge on any atom is 0.237 e. The predicted molar refractivity (Wildman–Crippen MR) is 64.0 cm³/mol. The van der Waals surface area contributed by atoms with Gasteiger partial charge in [0.25, 0.3) is 0 Å². The first-order valence-corrected chi connectivity index (χ1v) is 6.50. The van der Waals surface area contributed by atoms with E-state index in [1.165, 1.54) is 12.8 Å². The summed E-state index contributed by atoms with van der Waals surface area (Å²) in [5.41, 5.74) is 5.79. The van der Waals surface area contributed by atoms with E-state index in [0.717, 1.165) is 38.4 Å². The second-order valence-electron chi connectivity index (χ2n) is 5.12. The summed E-state index contributed by atoms with van der Waals surface area (Å²) in [6, 6.07) is 0.821. The van der Waals surface area contributed by atoms with E-state index < -0.39 is 0 Å². The molecule has 1 aliphatic carbocycles. The van der Waals surface area contributed by atoms with Crippen LogP contribution >= 0.6 is 0 Å². The Hall–Kier alpha value is -0.610. The number of carbonyl (C=O) groups excluding carboxylic acids is 1. The maximum absolute atomic E-state index is 11.7. The van der Waals surface area contributed by atoms with Crippen LogP contribution in [0.2, 0.25) is 0 Å². The third-order valence-electron chi connectivity index (χ3n) is 3.57. The van der Waals surface area contributed by atoms with Crippen molar-refractivity contribution >= 4 is 5.91 Å². The van der Waals surface area contributed by atoms with E-state index in [1.807, 2.05) is 0 Å². The molecule has 1 amide bonds. The first-order chi connectivity index (χ1) is 7.70. The van der Waals surface area contributed by atoms with Crippen LogP contribution in [0.1, 0.15) is 39.0 Å². The summed E-state index contributed by atoms with van der Waals surface area (Å²) in [7, 11) is 0. The van der Waals surface area contributed by atoms with Crippen LogP contribution in [0.4, 0.5) is 0 Å². The normalized spacial score (nSPS) is 28.0.